The number of nitrogens with zero attached hydrogens (tertiary/aromatic N) is 4. The van der Waals surface area contributed by atoms with Crippen LogP contribution >= 0.6 is 0 Å². The van der Waals surface area contributed by atoms with Gasteiger partial charge in [0.15, 0.2) is 5.96 Å². The number of guanidine groups is 1. The van der Waals surface area contributed by atoms with Crippen LogP contribution in [0.3, 0.4) is 0 Å². The number of hydrogen-bond donors (Lipinski definition) is 2. The minimum Gasteiger partial charge on any atom is -0.386 e. The molecule has 0 saturated heterocycles. The van der Waals surface area contributed by atoms with Gasteiger partial charge < -0.3 is 15.3 Å². The predicted octanol–water partition coefficient (Wildman–Crippen LogP) is 1.69. The fourth-order valence-corrected chi connectivity index (χ4v) is 2.34. The Morgan fingerprint density at radius 3 is 2.71 bits per heavy atom. The summed E-state index contributed by atoms with van der Waals surface area (Å²) in [6.07, 6.45) is 2.99. The molecule has 24 heavy (non-hydrogen) atoms. The lowest BCUT2D eigenvalue weighted by Gasteiger charge is -2.22. The Hall–Kier alpha value is -2.41. The first-order valence-electron chi connectivity index (χ1n) is 7.90. The van der Waals surface area contributed by atoms with Crippen LogP contribution in [-0.4, -0.2) is 45.9 Å². The second-order valence-corrected chi connectivity index (χ2v) is 5.64. The van der Waals surface area contributed by atoms with Crippen LogP contribution in [0.2, 0.25) is 0 Å². The van der Waals surface area contributed by atoms with Crippen molar-refractivity contribution in [2.24, 2.45) is 12.0 Å². The molecule has 130 valence electrons. The Balaban J connectivity index is 2.02. The van der Waals surface area contributed by atoms with Crippen molar-refractivity contribution in [2.45, 2.75) is 19.6 Å². The third-order valence-corrected chi connectivity index (χ3v) is 3.54. The van der Waals surface area contributed by atoms with Gasteiger partial charge in [-0.25, -0.2) is 4.39 Å². The molecule has 1 aromatic heterocycles. The van der Waals surface area contributed by atoms with Crippen molar-refractivity contribution in [3.63, 3.8) is 0 Å². The van der Waals surface area contributed by atoms with E-state index in [4.69, 9.17) is 0 Å². The molecular formula is C17H24FN5O. The fraction of sp³-hybridized carbons (Fsp3) is 0.412. The highest BCUT2D eigenvalue weighted by Gasteiger charge is 2.11. The van der Waals surface area contributed by atoms with Crippen molar-refractivity contribution in [1.29, 1.82) is 0 Å². The van der Waals surface area contributed by atoms with Gasteiger partial charge in [-0.15, -0.1) is 0 Å². The fourth-order valence-electron chi connectivity index (χ4n) is 2.34. The van der Waals surface area contributed by atoms with Gasteiger partial charge >= 0.3 is 0 Å². The van der Waals surface area contributed by atoms with E-state index in [0.717, 1.165) is 12.1 Å². The Bertz CT molecular complexity index is 668. The molecule has 0 fully saturated rings. The first-order valence-corrected chi connectivity index (χ1v) is 7.90. The summed E-state index contributed by atoms with van der Waals surface area (Å²) in [6.45, 7) is 3.57. The number of hydrogen-bond acceptors (Lipinski definition) is 3. The molecule has 0 aliphatic rings. The number of nitrogens with one attached hydrogen (secondary N) is 1. The van der Waals surface area contributed by atoms with Gasteiger partial charge in [-0.2, -0.15) is 5.10 Å². The maximum absolute atomic E-state index is 12.9. The molecule has 1 unspecified atom stereocenters. The Morgan fingerprint density at radius 1 is 1.42 bits per heavy atom. The van der Waals surface area contributed by atoms with Crippen LogP contribution in [0.1, 0.15) is 24.2 Å². The van der Waals surface area contributed by atoms with Gasteiger partial charge in [-0.05, 0) is 24.6 Å². The van der Waals surface area contributed by atoms with E-state index in [-0.39, 0.29) is 12.4 Å². The van der Waals surface area contributed by atoms with Crippen molar-refractivity contribution < 1.29 is 9.50 Å². The van der Waals surface area contributed by atoms with Crippen molar-refractivity contribution in [1.82, 2.24) is 20.0 Å². The van der Waals surface area contributed by atoms with Gasteiger partial charge in [0, 0.05) is 38.9 Å². The van der Waals surface area contributed by atoms with Crippen LogP contribution in [0.5, 0.6) is 0 Å². The number of rotatable bonds is 6. The smallest absolute Gasteiger partial charge is 0.194 e. The van der Waals surface area contributed by atoms with Crippen LogP contribution < -0.4 is 5.32 Å². The van der Waals surface area contributed by atoms with E-state index >= 15 is 0 Å². The molecule has 2 N–H and O–H groups in total. The summed E-state index contributed by atoms with van der Waals surface area (Å²) in [5.74, 6) is 0.376. The lowest BCUT2D eigenvalue weighted by Crippen LogP contribution is -2.38. The molecule has 0 radical (unpaired) electrons. The summed E-state index contributed by atoms with van der Waals surface area (Å²) in [5, 5.41) is 17.6. The summed E-state index contributed by atoms with van der Waals surface area (Å²) < 4.78 is 14.7. The van der Waals surface area contributed by atoms with Crippen LogP contribution in [0.15, 0.2) is 41.7 Å². The summed E-state index contributed by atoms with van der Waals surface area (Å²) in [4.78, 5) is 6.45. The summed E-state index contributed by atoms with van der Waals surface area (Å²) in [7, 11) is 3.81. The minimum atomic E-state index is -0.772. The molecule has 0 bridgehead atoms. The lowest BCUT2D eigenvalue weighted by atomic mass is 10.1. The van der Waals surface area contributed by atoms with Gasteiger partial charge in [0.2, 0.25) is 0 Å². The number of aliphatic imine (C=N–C) groups is 1. The topological polar surface area (TPSA) is 65.7 Å². The number of benzene rings is 1. The first-order chi connectivity index (χ1) is 11.5. The van der Waals surface area contributed by atoms with Gasteiger partial charge in [-0.1, -0.05) is 12.1 Å². The SMILES string of the molecule is CCNC(=NCC(O)c1ccc(F)cc1)N(C)Cc1cnn(C)c1. The van der Waals surface area contributed by atoms with Crippen molar-refractivity contribution >= 4 is 5.96 Å². The Labute approximate surface area is 141 Å². The molecule has 0 amide bonds. The van der Waals surface area contributed by atoms with E-state index in [0.29, 0.717) is 18.1 Å². The molecule has 2 rings (SSSR count). The highest BCUT2D eigenvalue weighted by molar-refractivity contribution is 5.79. The van der Waals surface area contributed by atoms with Crippen molar-refractivity contribution in [3.05, 3.63) is 53.6 Å². The Morgan fingerprint density at radius 2 is 2.12 bits per heavy atom. The third-order valence-electron chi connectivity index (χ3n) is 3.54. The second kappa shape index (κ2) is 8.44. The van der Waals surface area contributed by atoms with Crippen LogP contribution in [-0.2, 0) is 13.6 Å². The second-order valence-electron chi connectivity index (χ2n) is 5.64. The summed E-state index contributed by atoms with van der Waals surface area (Å²) in [6, 6.07) is 5.81. The number of aliphatic hydroxyl groups is 1. The predicted molar refractivity (Wildman–Crippen MR) is 92.0 cm³/mol. The zero-order chi connectivity index (χ0) is 17.5. The Kier molecular flexibility index (Phi) is 6.31. The van der Waals surface area contributed by atoms with E-state index in [1.165, 1.54) is 12.1 Å². The van der Waals surface area contributed by atoms with Crippen molar-refractivity contribution in [2.75, 3.05) is 20.1 Å². The average molecular weight is 333 g/mol. The van der Waals surface area contributed by atoms with E-state index in [9.17, 15) is 9.50 Å². The zero-order valence-electron chi connectivity index (χ0n) is 14.3. The quantitative estimate of drug-likeness (QED) is 0.624. The standard InChI is InChI=1S/C17H24FN5O/c1-4-19-17(22(2)11-13-9-21-23(3)12-13)20-10-16(24)14-5-7-15(18)8-6-14/h5-9,12,16,24H,4,10-11H2,1-3H3,(H,19,20). The molecule has 0 aliphatic carbocycles. The van der Waals surface area contributed by atoms with E-state index in [1.807, 2.05) is 38.3 Å². The molecule has 6 nitrogen and oxygen atoms in total. The average Bonchev–Trinajstić information content (AvgIpc) is 2.96. The summed E-state index contributed by atoms with van der Waals surface area (Å²) in [5.41, 5.74) is 1.72. The molecule has 0 spiro atoms. The van der Waals surface area contributed by atoms with E-state index < -0.39 is 6.10 Å². The number of aryl methyl sites for hydroxylation is 1. The van der Waals surface area contributed by atoms with Crippen LogP contribution in [0.4, 0.5) is 4.39 Å². The van der Waals surface area contributed by atoms with Gasteiger partial charge in [0.1, 0.15) is 5.82 Å². The molecular weight excluding hydrogens is 309 g/mol. The molecule has 1 atom stereocenters. The number of aromatic nitrogens is 2. The molecule has 7 heteroatoms. The maximum atomic E-state index is 12.9. The molecule has 1 heterocycles. The highest BCUT2D eigenvalue weighted by Crippen LogP contribution is 2.14. The first kappa shape index (κ1) is 17.9. The number of aliphatic hydroxyl groups excluding tert-OH is 1. The highest BCUT2D eigenvalue weighted by atomic mass is 19.1. The van der Waals surface area contributed by atoms with Gasteiger partial charge in [0.25, 0.3) is 0 Å². The molecule has 2 aromatic rings. The van der Waals surface area contributed by atoms with Crippen LogP contribution in [0, 0.1) is 5.82 Å². The van der Waals surface area contributed by atoms with Gasteiger partial charge in [-0.3, -0.25) is 9.67 Å². The molecule has 0 aliphatic heterocycles. The molecule has 1 aromatic carbocycles. The van der Waals surface area contributed by atoms with Gasteiger partial charge in [0.05, 0.1) is 18.8 Å². The van der Waals surface area contributed by atoms with Crippen LogP contribution in [0.25, 0.3) is 0 Å². The maximum Gasteiger partial charge on any atom is 0.194 e. The lowest BCUT2D eigenvalue weighted by molar-refractivity contribution is 0.186. The zero-order valence-corrected chi connectivity index (χ0v) is 14.3. The largest absolute Gasteiger partial charge is 0.386 e. The van der Waals surface area contributed by atoms with E-state index in [1.54, 1.807) is 16.8 Å². The number of halogens is 1. The minimum absolute atomic E-state index is 0.200. The monoisotopic (exact) mass is 333 g/mol. The van der Waals surface area contributed by atoms with E-state index in [2.05, 4.69) is 15.4 Å². The summed E-state index contributed by atoms with van der Waals surface area (Å²) >= 11 is 0. The molecule has 0 saturated carbocycles. The van der Waals surface area contributed by atoms with Crippen molar-refractivity contribution in [3.8, 4) is 0 Å². The normalized spacial score (nSPS) is 13.0. The third kappa shape index (κ3) is 5.06.